The molecule has 0 spiro atoms. The Labute approximate surface area is 128 Å². The molecule has 6 heteroatoms. The summed E-state index contributed by atoms with van der Waals surface area (Å²) in [5, 5.41) is 17.7. The molecule has 20 heavy (non-hydrogen) atoms. The Bertz CT molecular complexity index is 567. The molecule has 0 saturated carbocycles. The molecule has 2 N–H and O–H groups in total. The maximum Gasteiger partial charge on any atom is 0.132 e. The highest BCUT2D eigenvalue weighted by atomic mass is 35.5. The van der Waals surface area contributed by atoms with Gasteiger partial charge in [-0.3, -0.25) is 0 Å². The van der Waals surface area contributed by atoms with Crippen molar-refractivity contribution in [2.24, 2.45) is 0 Å². The maximum atomic E-state index is 8.78. The van der Waals surface area contributed by atoms with E-state index in [-0.39, 0.29) is 6.61 Å². The summed E-state index contributed by atoms with van der Waals surface area (Å²) < 4.78 is 1.77. The number of hydrogen-bond donors (Lipinski definition) is 2. The zero-order valence-electron chi connectivity index (χ0n) is 11.2. The van der Waals surface area contributed by atoms with Crippen LogP contribution in [0.4, 0.5) is 0 Å². The first-order valence-corrected chi connectivity index (χ1v) is 7.15. The molecule has 0 atom stereocenters. The summed E-state index contributed by atoms with van der Waals surface area (Å²) >= 11 is 12.2. The van der Waals surface area contributed by atoms with Crippen LogP contribution in [0.3, 0.4) is 0 Å². The lowest BCUT2D eigenvalue weighted by Gasteiger charge is -2.05. The lowest BCUT2D eigenvalue weighted by molar-refractivity contribution is 0.292. The van der Waals surface area contributed by atoms with Gasteiger partial charge in [-0.15, -0.1) is 0 Å². The molecular weight excluding hydrogens is 297 g/mol. The van der Waals surface area contributed by atoms with Crippen LogP contribution in [0.15, 0.2) is 24.3 Å². The Hall–Kier alpha value is -1.07. The molecule has 108 valence electrons. The SMILES string of the molecule is Cc1nn(Cc2ccc(Cl)cc2)c(Cl)c1CNCCO. The number of benzene rings is 1. The first-order valence-electron chi connectivity index (χ1n) is 6.39. The second-order valence-corrected chi connectivity index (χ2v) is 5.33. The third-order valence-electron chi connectivity index (χ3n) is 3.02. The van der Waals surface area contributed by atoms with Crippen molar-refractivity contribution in [1.29, 1.82) is 0 Å². The van der Waals surface area contributed by atoms with Gasteiger partial charge in [-0.05, 0) is 24.6 Å². The molecule has 0 unspecified atom stereocenters. The van der Waals surface area contributed by atoms with Gasteiger partial charge in [0.05, 0.1) is 18.8 Å². The van der Waals surface area contributed by atoms with E-state index in [4.69, 9.17) is 28.3 Å². The van der Waals surface area contributed by atoms with Crippen LogP contribution >= 0.6 is 23.2 Å². The Kier molecular flexibility index (Phi) is 5.43. The molecule has 0 aliphatic carbocycles. The van der Waals surface area contributed by atoms with Crippen molar-refractivity contribution in [3.63, 3.8) is 0 Å². The van der Waals surface area contributed by atoms with E-state index in [1.54, 1.807) is 4.68 Å². The molecule has 1 aromatic heterocycles. The molecule has 0 saturated heterocycles. The minimum atomic E-state index is 0.107. The number of nitrogens with one attached hydrogen (secondary N) is 1. The quantitative estimate of drug-likeness (QED) is 0.806. The van der Waals surface area contributed by atoms with Crippen LogP contribution in [0.2, 0.25) is 10.2 Å². The van der Waals surface area contributed by atoms with E-state index < -0.39 is 0 Å². The predicted octanol–water partition coefficient (Wildman–Crippen LogP) is 2.63. The highest BCUT2D eigenvalue weighted by Gasteiger charge is 2.13. The fraction of sp³-hybridized carbons (Fsp3) is 0.357. The van der Waals surface area contributed by atoms with Crippen molar-refractivity contribution < 1.29 is 5.11 Å². The number of aliphatic hydroxyl groups excluding tert-OH is 1. The van der Waals surface area contributed by atoms with Gasteiger partial charge in [0.2, 0.25) is 0 Å². The number of aliphatic hydroxyl groups is 1. The molecule has 0 bridgehead atoms. The zero-order chi connectivity index (χ0) is 14.5. The van der Waals surface area contributed by atoms with Crippen molar-refractivity contribution in [3.8, 4) is 0 Å². The van der Waals surface area contributed by atoms with Crippen molar-refractivity contribution in [2.75, 3.05) is 13.2 Å². The largest absolute Gasteiger partial charge is 0.395 e. The van der Waals surface area contributed by atoms with Crippen molar-refractivity contribution in [2.45, 2.75) is 20.0 Å². The monoisotopic (exact) mass is 313 g/mol. The smallest absolute Gasteiger partial charge is 0.132 e. The minimum Gasteiger partial charge on any atom is -0.395 e. The number of nitrogens with zero attached hydrogens (tertiary/aromatic N) is 2. The van der Waals surface area contributed by atoms with Crippen LogP contribution in [0.1, 0.15) is 16.8 Å². The first-order chi connectivity index (χ1) is 9.61. The van der Waals surface area contributed by atoms with Crippen molar-refractivity contribution in [3.05, 3.63) is 51.3 Å². The number of aryl methyl sites for hydroxylation is 1. The summed E-state index contributed by atoms with van der Waals surface area (Å²) in [6, 6.07) is 7.62. The molecule has 0 aliphatic heterocycles. The molecule has 2 rings (SSSR count). The summed E-state index contributed by atoms with van der Waals surface area (Å²) in [5.74, 6) is 0. The van der Waals surface area contributed by atoms with Gasteiger partial charge in [0, 0.05) is 23.7 Å². The highest BCUT2D eigenvalue weighted by molar-refractivity contribution is 6.30. The lowest BCUT2D eigenvalue weighted by Crippen LogP contribution is -2.17. The van der Waals surface area contributed by atoms with E-state index in [1.807, 2.05) is 31.2 Å². The normalized spacial score (nSPS) is 11.0. The van der Waals surface area contributed by atoms with Crippen LogP contribution < -0.4 is 5.32 Å². The van der Waals surface area contributed by atoms with E-state index in [9.17, 15) is 0 Å². The van der Waals surface area contributed by atoms with E-state index in [0.717, 1.165) is 16.8 Å². The molecule has 1 heterocycles. The number of halogens is 2. The fourth-order valence-corrected chi connectivity index (χ4v) is 2.38. The van der Waals surface area contributed by atoms with Gasteiger partial charge in [0.25, 0.3) is 0 Å². The predicted molar refractivity (Wildman–Crippen MR) is 81.3 cm³/mol. The van der Waals surface area contributed by atoms with Crippen LogP contribution in [-0.2, 0) is 13.1 Å². The van der Waals surface area contributed by atoms with Crippen molar-refractivity contribution >= 4 is 23.2 Å². The Balaban J connectivity index is 2.12. The summed E-state index contributed by atoms with van der Waals surface area (Å²) in [7, 11) is 0. The molecule has 1 aromatic carbocycles. The van der Waals surface area contributed by atoms with Gasteiger partial charge >= 0.3 is 0 Å². The van der Waals surface area contributed by atoms with Crippen LogP contribution in [0, 0.1) is 6.92 Å². The maximum absolute atomic E-state index is 8.78. The van der Waals surface area contributed by atoms with Crippen LogP contribution in [0.25, 0.3) is 0 Å². The van der Waals surface area contributed by atoms with E-state index in [1.165, 1.54) is 0 Å². The average Bonchev–Trinajstić information content (AvgIpc) is 2.69. The first kappa shape index (κ1) is 15.3. The molecule has 0 radical (unpaired) electrons. The van der Waals surface area contributed by atoms with Crippen LogP contribution in [-0.4, -0.2) is 28.0 Å². The standard InChI is InChI=1S/C14H17Cl2N3O/c1-10-13(8-17-6-7-20)14(16)19(18-10)9-11-2-4-12(15)5-3-11/h2-5,17,20H,6-9H2,1H3. The van der Waals surface area contributed by atoms with Gasteiger partial charge < -0.3 is 10.4 Å². The molecular formula is C14H17Cl2N3O. The van der Waals surface area contributed by atoms with E-state index in [0.29, 0.717) is 29.8 Å². The summed E-state index contributed by atoms with van der Waals surface area (Å²) in [6.07, 6.45) is 0. The average molecular weight is 314 g/mol. The Morgan fingerprint density at radius 2 is 1.95 bits per heavy atom. The third-order valence-corrected chi connectivity index (χ3v) is 3.69. The molecule has 0 fully saturated rings. The second kappa shape index (κ2) is 7.09. The lowest BCUT2D eigenvalue weighted by atomic mass is 10.2. The summed E-state index contributed by atoms with van der Waals surface area (Å²) in [4.78, 5) is 0. The highest BCUT2D eigenvalue weighted by Crippen LogP contribution is 2.21. The van der Waals surface area contributed by atoms with Gasteiger partial charge in [0.1, 0.15) is 5.15 Å². The Morgan fingerprint density at radius 1 is 1.25 bits per heavy atom. The summed E-state index contributed by atoms with van der Waals surface area (Å²) in [6.45, 7) is 3.79. The number of aromatic nitrogens is 2. The van der Waals surface area contributed by atoms with Gasteiger partial charge in [-0.25, -0.2) is 4.68 Å². The van der Waals surface area contributed by atoms with E-state index in [2.05, 4.69) is 10.4 Å². The molecule has 2 aromatic rings. The van der Waals surface area contributed by atoms with Gasteiger partial charge in [-0.2, -0.15) is 5.10 Å². The van der Waals surface area contributed by atoms with Crippen LogP contribution in [0.5, 0.6) is 0 Å². The Morgan fingerprint density at radius 3 is 2.60 bits per heavy atom. The molecule has 4 nitrogen and oxygen atoms in total. The summed E-state index contributed by atoms with van der Waals surface area (Å²) in [5.41, 5.74) is 2.96. The zero-order valence-corrected chi connectivity index (χ0v) is 12.7. The second-order valence-electron chi connectivity index (χ2n) is 4.54. The number of hydrogen-bond acceptors (Lipinski definition) is 3. The molecule has 0 aliphatic rings. The van der Waals surface area contributed by atoms with Crippen molar-refractivity contribution in [1.82, 2.24) is 15.1 Å². The topological polar surface area (TPSA) is 50.1 Å². The minimum absolute atomic E-state index is 0.107. The number of rotatable bonds is 6. The fourth-order valence-electron chi connectivity index (χ4n) is 1.95. The third kappa shape index (κ3) is 3.73. The molecule has 0 amide bonds. The van der Waals surface area contributed by atoms with Gasteiger partial charge in [-0.1, -0.05) is 35.3 Å². The van der Waals surface area contributed by atoms with Gasteiger partial charge in [0.15, 0.2) is 0 Å². The van der Waals surface area contributed by atoms with E-state index >= 15 is 0 Å².